The topological polar surface area (TPSA) is 75.6 Å². The highest BCUT2D eigenvalue weighted by Crippen LogP contribution is 2.27. The molecule has 1 saturated carbocycles. The second kappa shape index (κ2) is 5.73. The monoisotopic (exact) mass is 263 g/mol. The second-order valence-corrected chi connectivity index (χ2v) is 4.66. The maximum atomic E-state index is 12.2. The molecule has 0 bridgehead atoms. The molecule has 19 heavy (non-hydrogen) atoms. The van der Waals surface area contributed by atoms with Gasteiger partial charge in [-0.15, -0.1) is 0 Å². The van der Waals surface area contributed by atoms with E-state index in [2.05, 4.69) is 5.32 Å². The van der Waals surface area contributed by atoms with Crippen LogP contribution in [0.15, 0.2) is 24.3 Å². The Morgan fingerprint density at radius 1 is 1.32 bits per heavy atom. The summed E-state index contributed by atoms with van der Waals surface area (Å²) >= 11 is 0. The number of carbonyl (C=O) groups excluding carboxylic acids is 1. The normalized spacial score (nSPS) is 21.9. The van der Waals surface area contributed by atoms with Crippen LogP contribution in [0.2, 0.25) is 0 Å². The largest absolute Gasteiger partial charge is 0.496 e. The Hall–Kier alpha value is -2.04. The van der Waals surface area contributed by atoms with Crippen molar-refractivity contribution < 1.29 is 19.4 Å². The van der Waals surface area contributed by atoms with E-state index in [1.165, 1.54) is 7.11 Å². The fraction of sp³-hybridized carbons (Fsp3) is 0.429. The van der Waals surface area contributed by atoms with Crippen LogP contribution < -0.4 is 10.1 Å². The number of para-hydroxylation sites is 1. The molecule has 0 aliphatic heterocycles. The first-order valence-electron chi connectivity index (χ1n) is 6.30. The molecule has 102 valence electrons. The van der Waals surface area contributed by atoms with Crippen LogP contribution in [-0.4, -0.2) is 30.1 Å². The van der Waals surface area contributed by atoms with Crippen molar-refractivity contribution in [3.63, 3.8) is 0 Å². The maximum Gasteiger partial charge on any atom is 0.308 e. The average Bonchev–Trinajstić information content (AvgIpc) is 2.87. The Morgan fingerprint density at radius 2 is 2.05 bits per heavy atom. The van der Waals surface area contributed by atoms with E-state index in [0.717, 1.165) is 6.42 Å². The number of ether oxygens (including phenoxy) is 1. The number of carbonyl (C=O) groups is 2. The molecule has 1 aliphatic rings. The summed E-state index contributed by atoms with van der Waals surface area (Å²) in [5.74, 6) is -1.12. The molecule has 1 aromatic carbocycles. The third-order valence-electron chi connectivity index (χ3n) is 3.50. The number of hydrogen-bond donors (Lipinski definition) is 2. The van der Waals surface area contributed by atoms with Crippen LogP contribution in [0.25, 0.3) is 0 Å². The molecule has 1 aromatic rings. The highest BCUT2D eigenvalue weighted by Gasteiger charge is 2.34. The average molecular weight is 263 g/mol. The molecule has 0 aromatic heterocycles. The van der Waals surface area contributed by atoms with Gasteiger partial charge in [0.1, 0.15) is 5.75 Å². The molecule has 0 spiro atoms. The van der Waals surface area contributed by atoms with Crippen molar-refractivity contribution in [3.8, 4) is 5.75 Å². The van der Waals surface area contributed by atoms with Crippen molar-refractivity contribution in [3.05, 3.63) is 29.8 Å². The van der Waals surface area contributed by atoms with Crippen LogP contribution in [-0.2, 0) is 4.79 Å². The number of rotatable bonds is 4. The zero-order chi connectivity index (χ0) is 13.8. The first-order chi connectivity index (χ1) is 9.13. The van der Waals surface area contributed by atoms with Crippen molar-refractivity contribution >= 4 is 11.9 Å². The summed E-state index contributed by atoms with van der Waals surface area (Å²) in [5.41, 5.74) is 0.432. The van der Waals surface area contributed by atoms with Gasteiger partial charge in [-0.2, -0.15) is 0 Å². The van der Waals surface area contributed by atoms with E-state index < -0.39 is 11.9 Å². The van der Waals surface area contributed by atoms with Crippen LogP contribution in [0.5, 0.6) is 5.75 Å². The van der Waals surface area contributed by atoms with E-state index in [4.69, 9.17) is 9.84 Å². The van der Waals surface area contributed by atoms with Gasteiger partial charge in [0.25, 0.3) is 5.91 Å². The summed E-state index contributed by atoms with van der Waals surface area (Å²) in [5, 5.41) is 11.9. The summed E-state index contributed by atoms with van der Waals surface area (Å²) in [6.45, 7) is 0. The SMILES string of the molecule is COc1ccccc1C(=O)N[C@@H]1CCC[C@H]1C(=O)O. The number of carboxylic acid groups (broad SMARTS) is 1. The number of hydrogen-bond acceptors (Lipinski definition) is 3. The molecule has 2 atom stereocenters. The Kier molecular flexibility index (Phi) is 4.04. The summed E-state index contributed by atoms with van der Waals surface area (Å²) in [4.78, 5) is 23.2. The van der Waals surface area contributed by atoms with Gasteiger partial charge in [-0.1, -0.05) is 18.6 Å². The van der Waals surface area contributed by atoms with Crippen molar-refractivity contribution in [1.29, 1.82) is 0 Å². The lowest BCUT2D eigenvalue weighted by molar-refractivity contribution is -0.142. The second-order valence-electron chi connectivity index (χ2n) is 4.66. The summed E-state index contributed by atoms with van der Waals surface area (Å²) in [7, 11) is 1.50. The zero-order valence-corrected chi connectivity index (χ0v) is 10.8. The minimum absolute atomic E-state index is 0.282. The molecule has 1 amide bonds. The minimum Gasteiger partial charge on any atom is -0.496 e. The van der Waals surface area contributed by atoms with Gasteiger partial charge in [0.05, 0.1) is 18.6 Å². The quantitative estimate of drug-likeness (QED) is 0.866. The van der Waals surface area contributed by atoms with Gasteiger partial charge in [0.15, 0.2) is 0 Å². The Bertz CT molecular complexity index is 486. The van der Waals surface area contributed by atoms with Crippen molar-refractivity contribution in [2.45, 2.75) is 25.3 Å². The van der Waals surface area contributed by atoms with E-state index >= 15 is 0 Å². The Morgan fingerprint density at radius 3 is 2.74 bits per heavy atom. The van der Waals surface area contributed by atoms with Gasteiger partial charge < -0.3 is 15.2 Å². The molecule has 0 radical (unpaired) electrons. The molecule has 5 heteroatoms. The molecule has 2 rings (SSSR count). The van der Waals surface area contributed by atoms with Crippen LogP contribution >= 0.6 is 0 Å². The van der Waals surface area contributed by atoms with Gasteiger partial charge in [0.2, 0.25) is 0 Å². The highest BCUT2D eigenvalue weighted by atomic mass is 16.5. The number of nitrogens with one attached hydrogen (secondary N) is 1. The van der Waals surface area contributed by atoms with Crippen LogP contribution in [0, 0.1) is 5.92 Å². The lowest BCUT2D eigenvalue weighted by Gasteiger charge is -2.18. The van der Waals surface area contributed by atoms with E-state index in [1.807, 2.05) is 0 Å². The molecule has 0 unspecified atom stereocenters. The van der Waals surface area contributed by atoms with Crippen LogP contribution in [0.3, 0.4) is 0 Å². The van der Waals surface area contributed by atoms with E-state index in [0.29, 0.717) is 24.2 Å². The smallest absolute Gasteiger partial charge is 0.308 e. The molecule has 1 fully saturated rings. The van der Waals surface area contributed by atoms with Gasteiger partial charge in [-0.25, -0.2) is 0 Å². The predicted octanol–water partition coefficient (Wildman–Crippen LogP) is 1.68. The lowest BCUT2D eigenvalue weighted by Crippen LogP contribution is -2.40. The molecule has 0 heterocycles. The standard InChI is InChI=1S/C14H17NO4/c1-19-12-8-3-2-5-10(12)13(16)15-11-7-4-6-9(11)14(17)18/h2-3,5,8-9,11H,4,6-7H2,1H3,(H,15,16)(H,17,18)/t9-,11-/m1/s1. The number of amides is 1. The summed E-state index contributed by atoms with van der Waals surface area (Å²) in [6, 6.07) is 6.61. The first kappa shape index (κ1) is 13.4. The van der Waals surface area contributed by atoms with E-state index in [-0.39, 0.29) is 11.9 Å². The molecule has 0 saturated heterocycles. The summed E-state index contributed by atoms with van der Waals surface area (Å²) in [6.07, 6.45) is 2.15. The van der Waals surface area contributed by atoms with Gasteiger partial charge in [0, 0.05) is 6.04 Å². The molecular formula is C14H17NO4. The Balaban J connectivity index is 2.10. The lowest BCUT2D eigenvalue weighted by atomic mass is 10.0. The van der Waals surface area contributed by atoms with E-state index in [9.17, 15) is 9.59 Å². The molecular weight excluding hydrogens is 246 g/mol. The maximum absolute atomic E-state index is 12.2. The fourth-order valence-electron chi connectivity index (χ4n) is 2.51. The van der Waals surface area contributed by atoms with E-state index in [1.54, 1.807) is 24.3 Å². The number of benzene rings is 1. The number of carboxylic acids is 1. The third kappa shape index (κ3) is 2.86. The van der Waals surface area contributed by atoms with Gasteiger partial charge in [-0.3, -0.25) is 9.59 Å². The van der Waals surface area contributed by atoms with Gasteiger partial charge >= 0.3 is 5.97 Å². The molecule has 1 aliphatic carbocycles. The fourth-order valence-corrected chi connectivity index (χ4v) is 2.51. The van der Waals surface area contributed by atoms with Crippen LogP contribution in [0.4, 0.5) is 0 Å². The Labute approximate surface area is 111 Å². The molecule has 2 N–H and O–H groups in total. The van der Waals surface area contributed by atoms with Gasteiger partial charge in [-0.05, 0) is 25.0 Å². The summed E-state index contributed by atoms with van der Waals surface area (Å²) < 4.78 is 5.13. The van der Waals surface area contributed by atoms with Crippen molar-refractivity contribution in [2.75, 3.05) is 7.11 Å². The third-order valence-corrected chi connectivity index (χ3v) is 3.50. The van der Waals surface area contributed by atoms with Crippen molar-refractivity contribution in [2.24, 2.45) is 5.92 Å². The number of aliphatic carboxylic acids is 1. The minimum atomic E-state index is -0.845. The van der Waals surface area contributed by atoms with Crippen LogP contribution in [0.1, 0.15) is 29.6 Å². The molecule has 5 nitrogen and oxygen atoms in total. The number of methoxy groups -OCH3 is 1. The zero-order valence-electron chi connectivity index (χ0n) is 10.8. The predicted molar refractivity (Wildman–Crippen MR) is 69.2 cm³/mol. The highest BCUT2D eigenvalue weighted by molar-refractivity contribution is 5.97. The van der Waals surface area contributed by atoms with Crippen molar-refractivity contribution in [1.82, 2.24) is 5.32 Å². The first-order valence-corrected chi connectivity index (χ1v) is 6.30.